The minimum Gasteiger partial charge on any atom is -0.493 e. The molecule has 3 aromatic rings. The van der Waals surface area contributed by atoms with E-state index in [2.05, 4.69) is 36.2 Å². The van der Waals surface area contributed by atoms with Crippen molar-refractivity contribution in [2.75, 3.05) is 27.3 Å². The standard InChI is InChI=1S/C28H34N2O4/c1-5-30(6-2)19-23-15-11-10-14-22(23)18-29-28(31)24-16-25(32-3)27(26(17-24)33-4)34-20-21-12-8-7-9-13-21/h7-17H,5-6,18-20H2,1-4H3,(H,29,31). The molecule has 0 bridgehead atoms. The Hall–Kier alpha value is -3.51. The Balaban J connectivity index is 1.74. The average molecular weight is 463 g/mol. The highest BCUT2D eigenvalue weighted by molar-refractivity contribution is 5.95. The zero-order valence-corrected chi connectivity index (χ0v) is 20.5. The van der Waals surface area contributed by atoms with E-state index < -0.39 is 0 Å². The van der Waals surface area contributed by atoms with Crippen LogP contribution in [0.1, 0.15) is 40.9 Å². The van der Waals surface area contributed by atoms with Crippen molar-refractivity contribution in [2.24, 2.45) is 0 Å². The molecule has 0 aromatic heterocycles. The van der Waals surface area contributed by atoms with Crippen LogP contribution in [-0.2, 0) is 19.7 Å². The van der Waals surface area contributed by atoms with Crippen molar-refractivity contribution < 1.29 is 19.0 Å². The van der Waals surface area contributed by atoms with E-state index in [1.54, 1.807) is 26.4 Å². The van der Waals surface area contributed by atoms with Crippen LogP contribution in [0.15, 0.2) is 66.7 Å². The number of carbonyl (C=O) groups is 1. The van der Waals surface area contributed by atoms with E-state index in [0.29, 0.717) is 36.0 Å². The van der Waals surface area contributed by atoms with Crippen LogP contribution >= 0.6 is 0 Å². The van der Waals surface area contributed by atoms with E-state index in [0.717, 1.165) is 30.8 Å². The Morgan fingerprint density at radius 3 is 2.03 bits per heavy atom. The number of methoxy groups -OCH3 is 2. The third-order valence-corrected chi connectivity index (χ3v) is 5.79. The zero-order valence-electron chi connectivity index (χ0n) is 20.5. The quantitative estimate of drug-likeness (QED) is 0.408. The van der Waals surface area contributed by atoms with E-state index in [-0.39, 0.29) is 5.91 Å². The highest BCUT2D eigenvalue weighted by Crippen LogP contribution is 2.39. The van der Waals surface area contributed by atoms with Gasteiger partial charge in [0, 0.05) is 18.7 Å². The third-order valence-electron chi connectivity index (χ3n) is 5.79. The second kappa shape index (κ2) is 12.7. The molecule has 0 heterocycles. The molecule has 3 rings (SSSR count). The first-order valence-corrected chi connectivity index (χ1v) is 11.6. The largest absolute Gasteiger partial charge is 0.493 e. The number of nitrogens with zero attached hydrogens (tertiary/aromatic N) is 1. The first kappa shape index (κ1) is 25.1. The number of carbonyl (C=O) groups excluding carboxylic acids is 1. The molecule has 0 fully saturated rings. The van der Waals surface area contributed by atoms with Gasteiger partial charge in [0.15, 0.2) is 11.5 Å². The number of rotatable bonds is 12. The molecular formula is C28H34N2O4. The fourth-order valence-electron chi connectivity index (χ4n) is 3.73. The highest BCUT2D eigenvalue weighted by atomic mass is 16.5. The van der Waals surface area contributed by atoms with Gasteiger partial charge in [-0.2, -0.15) is 0 Å². The Morgan fingerprint density at radius 2 is 1.44 bits per heavy atom. The summed E-state index contributed by atoms with van der Waals surface area (Å²) in [5.74, 6) is 1.16. The molecule has 6 heteroatoms. The van der Waals surface area contributed by atoms with Crippen LogP contribution in [0, 0.1) is 0 Å². The molecular weight excluding hydrogens is 428 g/mol. The van der Waals surface area contributed by atoms with Crippen LogP contribution in [0.2, 0.25) is 0 Å². The molecule has 1 amide bonds. The summed E-state index contributed by atoms with van der Waals surface area (Å²) in [5, 5.41) is 3.04. The van der Waals surface area contributed by atoms with Crippen molar-refractivity contribution in [1.82, 2.24) is 10.2 Å². The van der Waals surface area contributed by atoms with E-state index in [4.69, 9.17) is 14.2 Å². The lowest BCUT2D eigenvalue weighted by Gasteiger charge is -2.20. The molecule has 0 aliphatic carbocycles. The number of ether oxygens (including phenoxy) is 3. The molecule has 0 atom stereocenters. The van der Waals surface area contributed by atoms with Gasteiger partial charge in [0.05, 0.1) is 14.2 Å². The second-order valence-corrected chi connectivity index (χ2v) is 7.90. The zero-order chi connectivity index (χ0) is 24.3. The fourth-order valence-corrected chi connectivity index (χ4v) is 3.73. The van der Waals surface area contributed by atoms with Gasteiger partial charge in [-0.25, -0.2) is 0 Å². The summed E-state index contributed by atoms with van der Waals surface area (Å²) >= 11 is 0. The van der Waals surface area contributed by atoms with E-state index >= 15 is 0 Å². The van der Waals surface area contributed by atoms with Crippen molar-refractivity contribution in [2.45, 2.75) is 33.5 Å². The maximum Gasteiger partial charge on any atom is 0.251 e. The van der Waals surface area contributed by atoms with Crippen molar-refractivity contribution in [3.63, 3.8) is 0 Å². The molecule has 0 aliphatic rings. The highest BCUT2D eigenvalue weighted by Gasteiger charge is 2.18. The van der Waals surface area contributed by atoms with Crippen molar-refractivity contribution in [3.8, 4) is 17.2 Å². The van der Waals surface area contributed by atoms with Gasteiger partial charge in [0.25, 0.3) is 5.91 Å². The molecule has 34 heavy (non-hydrogen) atoms. The summed E-state index contributed by atoms with van der Waals surface area (Å²) in [7, 11) is 3.10. The topological polar surface area (TPSA) is 60.0 Å². The lowest BCUT2D eigenvalue weighted by molar-refractivity contribution is 0.0950. The van der Waals surface area contributed by atoms with Crippen LogP contribution in [0.5, 0.6) is 17.2 Å². The lowest BCUT2D eigenvalue weighted by Crippen LogP contribution is -2.26. The molecule has 0 radical (unpaired) electrons. The first-order chi connectivity index (χ1) is 16.6. The summed E-state index contributed by atoms with van der Waals surface area (Å²) in [6, 6.07) is 21.4. The first-order valence-electron chi connectivity index (χ1n) is 11.6. The number of nitrogens with one attached hydrogen (secondary N) is 1. The summed E-state index contributed by atoms with van der Waals surface area (Å²) in [6.45, 7) is 7.93. The van der Waals surface area contributed by atoms with Crippen LogP contribution in [-0.4, -0.2) is 38.1 Å². The molecule has 0 spiro atoms. The van der Waals surface area contributed by atoms with Gasteiger partial charge in [-0.15, -0.1) is 0 Å². The number of hydrogen-bond donors (Lipinski definition) is 1. The van der Waals surface area contributed by atoms with Crippen molar-refractivity contribution in [3.05, 3.63) is 89.0 Å². The number of amides is 1. The molecule has 180 valence electrons. The maximum atomic E-state index is 13.0. The van der Waals surface area contributed by atoms with Crippen LogP contribution in [0.3, 0.4) is 0 Å². The van der Waals surface area contributed by atoms with Crippen LogP contribution in [0.4, 0.5) is 0 Å². The van der Waals surface area contributed by atoms with Gasteiger partial charge in [0.1, 0.15) is 6.61 Å². The SMILES string of the molecule is CCN(CC)Cc1ccccc1CNC(=O)c1cc(OC)c(OCc2ccccc2)c(OC)c1. The molecule has 0 saturated carbocycles. The fraction of sp³-hybridized carbons (Fsp3) is 0.321. The van der Waals surface area contributed by atoms with E-state index in [1.165, 1.54) is 5.56 Å². The minimum atomic E-state index is -0.205. The van der Waals surface area contributed by atoms with Gasteiger partial charge >= 0.3 is 0 Å². The van der Waals surface area contributed by atoms with Crippen LogP contribution < -0.4 is 19.5 Å². The van der Waals surface area contributed by atoms with Gasteiger partial charge in [-0.3, -0.25) is 9.69 Å². The smallest absolute Gasteiger partial charge is 0.251 e. The molecule has 0 saturated heterocycles. The maximum absolute atomic E-state index is 13.0. The van der Waals surface area contributed by atoms with Crippen molar-refractivity contribution >= 4 is 5.91 Å². The third kappa shape index (κ3) is 6.51. The molecule has 6 nitrogen and oxygen atoms in total. The summed E-state index contributed by atoms with van der Waals surface area (Å²) in [5.41, 5.74) is 3.79. The molecule has 0 unspecified atom stereocenters. The van der Waals surface area contributed by atoms with E-state index in [1.807, 2.05) is 42.5 Å². The van der Waals surface area contributed by atoms with Gasteiger partial charge in [0.2, 0.25) is 5.75 Å². The van der Waals surface area contributed by atoms with Gasteiger partial charge in [-0.1, -0.05) is 68.4 Å². The summed E-state index contributed by atoms with van der Waals surface area (Å²) in [4.78, 5) is 15.4. The van der Waals surface area contributed by atoms with Gasteiger partial charge < -0.3 is 19.5 Å². The van der Waals surface area contributed by atoms with Gasteiger partial charge in [-0.05, 0) is 41.9 Å². The Morgan fingerprint density at radius 1 is 0.853 bits per heavy atom. The predicted octanol–water partition coefficient (Wildman–Crippen LogP) is 5.05. The summed E-state index contributed by atoms with van der Waals surface area (Å²) in [6.07, 6.45) is 0. The predicted molar refractivity (Wildman–Crippen MR) is 135 cm³/mol. The molecule has 1 N–H and O–H groups in total. The Bertz CT molecular complexity index is 1040. The minimum absolute atomic E-state index is 0.205. The summed E-state index contributed by atoms with van der Waals surface area (Å²) < 4.78 is 17.0. The van der Waals surface area contributed by atoms with E-state index in [9.17, 15) is 4.79 Å². The monoisotopic (exact) mass is 462 g/mol. The Kier molecular flexibility index (Phi) is 9.35. The van der Waals surface area contributed by atoms with Crippen molar-refractivity contribution in [1.29, 1.82) is 0 Å². The normalized spacial score (nSPS) is 10.7. The Labute approximate surface area is 202 Å². The average Bonchev–Trinajstić information content (AvgIpc) is 2.89. The molecule has 3 aromatic carbocycles. The number of hydrogen-bond acceptors (Lipinski definition) is 5. The number of benzene rings is 3. The molecule has 0 aliphatic heterocycles. The lowest BCUT2D eigenvalue weighted by atomic mass is 10.1. The van der Waals surface area contributed by atoms with Crippen LogP contribution in [0.25, 0.3) is 0 Å². The second-order valence-electron chi connectivity index (χ2n) is 7.90.